The molecule has 0 N–H and O–H groups in total. The minimum absolute atomic E-state index is 0.103. The van der Waals surface area contributed by atoms with E-state index in [1.165, 1.54) is 10.4 Å². The molecule has 20 heavy (non-hydrogen) atoms. The van der Waals surface area contributed by atoms with Crippen LogP contribution < -0.4 is 9.47 Å². The molecule has 2 aromatic rings. The van der Waals surface area contributed by atoms with Gasteiger partial charge in [0, 0.05) is 9.35 Å². The van der Waals surface area contributed by atoms with E-state index in [0.29, 0.717) is 5.75 Å². The Bertz CT molecular complexity index is 606. The molecule has 1 unspecified atom stereocenters. The molecule has 0 spiro atoms. The van der Waals surface area contributed by atoms with Crippen LogP contribution in [0.4, 0.5) is 0 Å². The van der Waals surface area contributed by atoms with Crippen LogP contribution in [-0.2, 0) is 0 Å². The van der Waals surface area contributed by atoms with Gasteiger partial charge in [-0.2, -0.15) is 0 Å². The molecule has 2 rings (SSSR count). The van der Waals surface area contributed by atoms with Gasteiger partial charge < -0.3 is 9.47 Å². The first kappa shape index (κ1) is 16.3. The molecule has 0 aliphatic heterocycles. The van der Waals surface area contributed by atoms with Gasteiger partial charge >= 0.3 is 0 Å². The van der Waals surface area contributed by atoms with Crippen LogP contribution in [0.5, 0.6) is 11.5 Å². The van der Waals surface area contributed by atoms with E-state index in [0.717, 1.165) is 19.6 Å². The van der Waals surface area contributed by atoms with E-state index >= 15 is 0 Å². The summed E-state index contributed by atoms with van der Waals surface area (Å²) < 4.78 is 12.8. The number of thiophene rings is 1. The van der Waals surface area contributed by atoms with Crippen molar-refractivity contribution in [2.45, 2.75) is 11.8 Å². The highest BCUT2D eigenvalue weighted by Gasteiger charge is 2.19. The van der Waals surface area contributed by atoms with Gasteiger partial charge in [-0.05, 0) is 52.2 Å². The monoisotopic (exact) mass is 482 g/mol. The molecule has 0 aliphatic rings. The molecule has 0 saturated heterocycles. The van der Waals surface area contributed by atoms with Gasteiger partial charge in [0.15, 0.2) is 11.5 Å². The van der Waals surface area contributed by atoms with Crippen LogP contribution in [0.1, 0.15) is 20.8 Å². The van der Waals surface area contributed by atoms with Crippen LogP contribution in [0.15, 0.2) is 26.5 Å². The maximum absolute atomic E-state index is 5.37. The molecule has 1 aromatic heterocycles. The molecular weight excluding hydrogens is 472 g/mol. The number of alkyl halides is 1. The fourth-order valence-corrected chi connectivity index (χ4v) is 5.04. The van der Waals surface area contributed by atoms with Crippen molar-refractivity contribution in [2.24, 2.45) is 0 Å². The summed E-state index contributed by atoms with van der Waals surface area (Å²) in [6.45, 7) is 2.09. The largest absolute Gasteiger partial charge is 0.493 e. The lowest BCUT2D eigenvalue weighted by Crippen LogP contribution is -1.96. The Kier molecular flexibility index (Phi) is 5.56. The molecule has 0 radical (unpaired) electrons. The third-order valence-corrected chi connectivity index (χ3v) is 7.08. The van der Waals surface area contributed by atoms with E-state index in [4.69, 9.17) is 9.47 Å². The second kappa shape index (κ2) is 6.81. The molecule has 1 heterocycles. The SMILES string of the molecule is COc1cc(Br)c(C(Br)c2cc(C)c(Br)s2)cc1OC. The van der Waals surface area contributed by atoms with Gasteiger partial charge in [-0.1, -0.05) is 31.9 Å². The standard InChI is InChI=1S/C14H13Br3O2S/c1-7-4-12(20-14(7)17)13(16)8-5-10(18-2)11(19-3)6-9(8)15/h4-6,13H,1-3H3. The first-order valence-electron chi connectivity index (χ1n) is 5.79. The Balaban J connectivity index is 2.46. The molecule has 0 fully saturated rings. The summed E-state index contributed by atoms with van der Waals surface area (Å²) in [6, 6.07) is 6.10. The number of ether oxygens (including phenoxy) is 2. The molecule has 0 amide bonds. The van der Waals surface area contributed by atoms with Crippen molar-refractivity contribution in [3.8, 4) is 11.5 Å². The number of aryl methyl sites for hydroxylation is 1. The molecule has 0 bridgehead atoms. The normalized spacial score (nSPS) is 12.3. The number of benzene rings is 1. The van der Waals surface area contributed by atoms with Gasteiger partial charge in [-0.3, -0.25) is 0 Å². The Morgan fingerprint density at radius 2 is 1.65 bits per heavy atom. The Morgan fingerprint density at radius 3 is 2.15 bits per heavy atom. The molecule has 6 heteroatoms. The van der Waals surface area contributed by atoms with Crippen LogP contribution in [-0.4, -0.2) is 14.2 Å². The quantitative estimate of drug-likeness (QED) is 0.489. The Labute approximate surface area is 147 Å². The van der Waals surface area contributed by atoms with Gasteiger partial charge in [0.25, 0.3) is 0 Å². The average Bonchev–Trinajstić information content (AvgIpc) is 2.77. The van der Waals surface area contributed by atoms with Gasteiger partial charge in [0.1, 0.15) is 0 Å². The van der Waals surface area contributed by atoms with Gasteiger partial charge in [0.05, 0.1) is 22.8 Å². The second-order valence-electron chi connectivity index (χ2n) is 4.20. The van der Waals surface area contributed by atoms with Gasteiger partial charge in [-0.25, -0.2) is 0 Å². The lowest BCUT2D eigenvalue weighted by Gasteiger charge is -2.15. The summed E-state index contributed by atoms with van der Waals surface area (Å²) >= 11 is 12.7. The fraction of sp³-hybridized carbons (Fsp3) is 0.286. The number of rotatable bonds is 4. The van der Waals surface area contributed by atoms with Gasteiger partial charge in [-0.15, -0.1) is 11.3 Å². The van der Waals surface area contributed by atoms with Crippen molar-refractivity contribution < 1.29 is 9.47 Å². The van der Waals surface area contributed by atoms with Crippen LogP contribution >= 0.6 is 59.1 Å². The van der Waals surface area contributed by atoms with Crippen LogP contribution in [0.25, 0.3) is 0 Å². The van der Waals surface area contributed by atoms with E-state index in [9.17, 15) is 0 Å². The molecule has 0 saturated carbocycles. The number of hydrogen-bond donors (Lipinski definition) is 0. The maximum Gasteiger partial charge on any atom is 0.161 e. The maximum atomic E-state index is 5.37. The van der Waals surface area contributed by atoms with Crippen LogP contribution in [0.2, 0.25) is 0 Å². The predicted molar refractivity (Wildman–Crippen MR) is 94.8 cm³/mol. The summed E-state index contributed by atoms with van der Waals surface area (Å²) in [5, 5.41) is 0. The lowest BCUT2D eigenvalue weighted by molar-refractivity contribution is 0.354. The third-order valence-electron chi connectivity index (χ3n) is 2.90. The predicted octanol–water partition coefficient (Wildman–Crippen LogP) is 6.08. The third kappa shape index (κ3) is 3.24. The molecule has 1 aromatic carbocycles. The van der Waals surface area contributed by atoms with E-state index < -0.39 is 0 Å². The van der Waals surface area contributed by atoms with Crippen molar-refractivity contribution in [3.05, 3.63) is 42.5 Å². The average molecular weight is 485 g/mol. The minimum atomic E-state index is 0.103. The highest BCUT2D eigenvalue weighted by molar-refractivity contribution is 9.11. The van der Waals surface area contributed by atoms with Crippen molar-refractivity contribution in [1.82, 2.24) is 0 Å². The topological polar surface area (TPSA) is 18.5 Å². The first-order valence-corrected chi connectivity index (χ1v) is 9.11. The van der Waals surface area contributed by atoms with E-state index in [2.05, 4.69) is 60.8 Å². The first-order chi connectivity index (χ1) is 9.47. The molecular formula is C14H13Br3O2S. The zero-order chi connectivity index (χ0) is 14.9. The smallest absolute Gasteiger partial charge is 0.161 e. The van der Waals surface area contributed by atoms with Crippen molar-refractivity contribution in [1.29, 1.82) is 0 Å². The minimum Gasteiger partial charge on any atom is -0.493 e. The van der Waals surface area contributed by atoms with Gasteiger partial charge in [0.2, 0.25) is 0 Å². The summed E-state index contributed by atoms with van der Waals surface area (Å²) in [5.41, 5.74) is 2.35. The number of hydrogen-bond acceptors (Lipinski definition) is 3. The number of methoxy groups -OCH3 is 2. The van der Waals surface area contributed by atoms with Crippen molar-refractivity contribution in [3.63, 3.8) is 0 Å². The zero-order valence-corrected chi connectivity index (χ0v) is 16.7. The van der Waals surface area contributed by atoms with E-state index in [1.807, 2.05) is 12.1 Å². The molecule has 2 nitrogen and oxygen atoms in total. The Morgan fingerprint density at radius 1 is 1.05 bits per heavy atom. The zero-order valence-electron chi connectivity index (χ0n) is 11.2. The fourth-order valence-electron chi connectivity index (χ4n) is 1.83. The molecule has 1 atom stereocenters. The number of halogens is 3. The highest BCUT2D eigenvalue weighted by Crippen LogP contribution is 2.44. The van der Waals surface area contributed by atoms with Crippen LogP contribution in [0.3, 0.4) is 0 Å². The lowest BCUT2D eigenvalue weighted by atomic mass is 10.1. The molecule has 108 valence electrons. The summed E-state index contributed by atoms with van der Waals surface area (Å²) in [7, 11) is 3.28. The van der Waals surface area contributed by atoms with Crippen LogP contribution in [0, 0.1) is 6.92 Å². The van der Waals surface area contributed by atoms with Crippen molar-refractivity contribution in [2.75, 3.05) is 14.2 Å². The highest BCUT2D eigenvalue weighted by atomic mass is 79.9. The molecule has 0 aliphatic carbocycles. The summed E-state index contributed by atoms with van der Waals surface area (Å²) in [6.07, 6.45) is 0. The Hall–Kier alpha value is -0.0400. The van der Waals surface area contributed by atoms with E-state index in [1.54, 1.807) is 25.6 Å². The second-order valence-corrected chi connectivity index (χ2v) is 8.37. The summed E-state index contributed by atoms with van der Waals surface area (Å²) in [5.74, 6) is 1.44. The van der Waals surface area contributed by atoms with E-state index in [-0.39, 0.29) is 4.83 Å². The summed E-state index contributed by atoms with van der Waals surface area (Å²) in [4.78, 5) is 1.34. The van der Waals surface area contributed by atoms with Crippen molar-refractivity contribution >= 4 is 59.1 Å².